The van der Waals surface area contributed by atoms with Crippen molar-refractivity contribution in [3.63, 3.8) is 0 Å². The first-order valence-electron chi connectivity index (χ1n) is 7.61. The van der Waals surface area contributed by atoms with Crippen molar-refractivity contribution in [3.8, 4) is 5.75 Å². The van der Waals surface area contributed by atoms with E-state index in [2.05, 4.69) is 32.6 Å². The summed E-state index contributed by atoms with van der Waals surface area (Å²) in [7, 11) is 2.00. The van der Waals surface area contributed by atoms with Crippen molar-refractivity contribution >= 4 is 32.8 Å². The molecule has 3 aromatic rings. The minimum atomic E-state index is -0.864. The van der Waals surface area contributed by atoms with Gasteiger partial charge in [0.15, 0.2) is 0 Å². The van der Waals surface area contributed by atoms with E-state index >= 15 is 0 Å². The number of aryl methyl sites for hydroxylation is 2. The molecule has 0 saturated carbocycles. The number of rotatable bonds is 5. The van der Waals surface area contributed by atoms with Crippen LogP contribution in [0.25, 0.3) is 10.9 Å². The summed E-state index contributed by atoms with van der Waals surface area (Å²) in [5.41, 5.74) is 3.88. The van der Waals surface area contributed by atoms with Gasteiger partial charge in [0.2, 0.25) is 0 Å². The van der Waals surface area contributed by atoms with Crippen molar-refractivity contribution < 1.29 is 14.6 Å². The van der Waals surface area contributed by atoms with Gasteiger partial charge < -0.3 is 14.4 Å². The Morgan fingerprint density at radius 3 is 2.79 bits per heavy atom. The second-order valence-electron chi connectivity index (χ2n) is 5.91. The van der Waals surface area contributed by atoms with Crippen LogP contribution in [0.5, 0.6) is 5.75 Å². The van der Waals surface area contributed by atoms with Crippen molar-refractivity contribution in [3.05, 3.63) is 63.8 Å². The molecule has 0 aliphatic heterocycles. The summed E-state index contributed by atoms with van der Waals surface area (Å²) in [5, 5.41) is 10.2. The molecule has 3 rings (SSSR count). The van der Waals surface area contributed by atoms with Crippen LogP contribution in [0, 0.1) is 6.92 Å². The van der Waals surface area contributed by atoms with Crippen molar-refractivity contribution in [2.45, 2.75) is 20.0 Å². The Morgan fingerprint density at radius 2 is 2.04 bits per heavy atom. The quantitative estimate of drug-likeness (QED) is 0.703. The lowest BCUT2D eigenvalue weighted by molar-refractivity contribution is -0.136. The first-order chi connectivity index (χ1) is 11.4. The van der Waals surface area contributed by atoms with Crippen LogP contribution < -0.4 is 4.74 Å². The largest absolute Gasteiger partial charge is 0.489 e. The molecule has 1 heterocycles. The Labute approximate surface area is 148 Å². The van der Waals surface area contributed by atoms with Crippen LogP contribution in [-0.4, -0.2) is 15.6 Å². The molecule has 0 atom stereocenters. The van der Waals surface area contributed by atoms with Gasteiger partial charge in [-0.25, -0.2) is 0 Å². The minimum Gasteiger partial charge on any atom is -0.489 e. The fraction of sp³-hybridized carbons (Fsp3) is 0.211. The van der Waals surface area contributed by atoms with Gasteiger partial charge in [-0.1, -0.05) is 28.1 Å². The first-order valence-corrected chi connectivity index (χ1v) is 8.41. The molecule has 0 bridgehead atoms. The Morgan fingerprint density at radius 1 is 1.25 bits per heavy atom. The Hall–Kier alpha value is -2.27. The Kier molecular flexibility index (Phi) is 4.62. The molecule has 0 fully saturated rings. The van der Waals surface area contributed by atoms with E-state index in [0.717, 1.165) is 26.5 Å². The third-order valence-corrected chi connectivity index (χ3v) is 4.63. The third kappa shape index (κ3) is 3.46. The van der Waals surface area contributed by atoms with Crippen LogP contribution >= 0.6 is 15.9 Å². The summed E-state index contributed by atoms with van der Waals surface area (Å²) in [6, 6.07) is 11.8. The van der Waals surface area contributed by atoms with E-state index in [9.17, 15) is 4.79 Å². The van der Waals surface area contributed by atoms with Gasteiger partial charge in [0, 0.05) is 34.2 Å². The maximum atomic E-state index is 11.0. The molecule has 0 spiro atoms. The van der Waals surface area contributed by atoms with Gasteiger partial charge in [-0.15, -0.1) is 0 Å². The molecule has 0 unspecified atom stereocenters. The molecule has 24 heavy (non-hydrogen) atoms. The first kappa shape index (κ1) is 16.6. The summed E-state index contributed by atoms with van der Waals surface area (Å²) < 4.78 is 9.02. The fourth-order valence-electron chi connectivity index (χ4n) is 2.73. The smallest absolute Gasteiger partial charge is 0.307 e. The topological polar surface area (TPSA) is 51.5 Å². The number of aliphatic carboxylic acids is 1. The molecule has 1 aromatic heterocycles. The lowest BCUT2D eigenvalue weighted by atomic mass is 10.1. The summed E-state index contributed by atoms with van der Waals surface area (Å²) in [4.78, 5) is 11.0. The Balaban J connectivity index is 1.87. The molecule has 0 amide bonds. The molecule has 5 heteroatoms. The summed E-state index contributed by atoms with van der Waals surface area (Å²) in [6.07, 6.45) is 1.97. The lowest BCUT2D eigenvalue weighted by Gasteiger charge is -2.12. The highest BCUT2D eigenvalue weighted by atomic mass is 79.9. The number of benzene rings is 2. The average molecular weight is 388 g/mol. The van der Waals surface area contributed by atoms with Gasteiger partial charge in [-0.3, -0.25) is 4.79 Å². The molecule has 0 aliphatic rings. The molecule has 4 nitrogen and oxygen atoms in total. The van der Waals surface area contributed by atoms with E-state index in [4.69, 9.17) is 9.84 Å². The second-order valence-corrected chi connectivity index (χ2v) is 6.76. The predicted molar refractivity (Wildman–Crippen MR) is 97.5 cm³/mol. The SMILES string of the molecule is Cc1ccc(CC(=O)O)c(OCc2cc(Br)c3ccn(C)c3c2)c1. The van der Waals surface area contributed by atoms with E-state index in [-0.39, 0.29) is 6.42 Å². The zero-order chi connectivity index (χ0) is 17.3. The minimum absolute atomic E-state index is 0.0455. The van der Waals surface area contributed by atoms with Crippen LogP contribution in [0.1, 0.15) is 16.7 Å². The van der Waals surface area contributed by atoms with Crippen molar-refractivity contribution in [2.75, 3.05) is 0 Å². The zero-order valence-electron chi connectivity index (χ0n) is 13.5. The van der Waals surface area contributed by atoms with Gasteiger partial charge in [-0.2, -0.15) is 0 Å². The van der Waals surface area contributed by atoms with Gasteiger partial charge in [-0.05, 0) is 42.3 Å². The van der Waals surface area contributed by atoms with Gasteiger partial charge in [0.1, 0.15) is 12.4 Å². The number of carboxylic acids is 1. The average Bonchev–Trinajstić information content (AvgIpc) is 2.89. The number of aromatic nitrogens is 1. The highest BCUT2D eigenvalue weighted by molar-refractivity contribution is 9.10. The maximum absolute atomic E-state index is 11.0. The van der Waals surface area contributed by atoms with Crippen LogP contribution in [0.3, 0.4) is 0 Å². The predicted octanol–water partition coefficient (Wildman–Crippen LogP) is 4.46. The van der Waals surface area contributed by atoms with E-state index < -0.39 is 5.97 Å². The van der Waals surface area contributed by atoms with E-state index in [0.29, 0.717) is 17.9 Å². The molecule has 0 aliphatic carbocycles. The number of hydrogen-bond donors (Lipinski definition) is 1. The zero-order valence-corrected chi connectivity index (χ0v) is 15.1. The normalized spacial score (nSPS) is 11.0. The molecule has 0 saturated heterocycles. The van der Waals surface area contributed by atoms with E-state index in [1.54, 1.807) is 0 Å². The van der Waals surface area contributed by atoms with E-state index in [1.165, 1.54) is 0 Å². The van der Waals surface area contributed by atoms with Gasteiger partial charge in [0.05, 0.1) is 6.42 Å². The highest BCUT2D eigenvalue weighted by Gasteiger charge is 2.10. The Bertz CT molecular complexity index is 914. The van der Waals surface area contributed by atoms with E-state index in [1.807, 2.05) is 44.4 Å². The van der Waals surface area contributed by atoms with Crippen molar-refractivity contribution in [1.82, 2.24) is 4.57 Å². The molecular weight excluding hydrogens is 370 g/mol. The number of carbonyl (C=O) groups is 1. The molecule has 2 aromatic carbocycles. The van der Waals surface area contributed by atoms with Crippen molar-refractivity contribution in [1.29, 1.82) is 0 Å². The maximum Gasteiger partial charge on any atom is 0.307 e. The van der Waals surface area contributed by atoms with Crippen LogP contribution in [0.4, 0.5) is 0 Å². The molecule has 0 radical (unpaired) electrons. The van der Waals surface area contributed by atoms with Crippen LogP contribution in [0.15, 0.2) is 47.1 Å². The molecular formula is C19H18BrNO3. The van der Waals surface area contributed by atoms with Gasteiger partial charge in [0.25, 0.3) is 0 Å². The number of ether oxygens (including phenoxy) is 1. The molecule has 124 valence electrons. The number of carboxylic acid groups (broad SMARTS) is 1. The van der Waals surface area contributed by atoms with Crippen LogP contribution in [0.2, 0.25) is 0 Å². The summed E-state index contributed by atoms with van der Waals surface area (Å²) in [5.74, 6) is -0.239. The highest BCUT2D eigenvalue weighted by Crippen LogP contribution is 2.28. The van der Waals surface area contributed by atoms with Crippen molar-refractivity contribution in [2.24, 2.45) is 7.05 Å². The number of halogens is 1. The number of nitrogens with zero attached hydrogens (tertiary/aromatic N) is 1. The monoisotopic (exact) mass is 387 g/mol. The summed E-state index contributed by atoms with van der Waals surface area (Å²) in [6.45, 7) is 2.35. The lowest BCUT2D eigenvalue weighted by Crippen LogP contribution is -2.04. The third-order valence-electron chi connectivity index (χ3n) is 3.97. The standard InChI is InChI=1S/C19H18BrNO3/c1-12-3-4-14(10-19(22)23)18(7-12)24-11-13-8-16(20)15-5-6-21(2)17(15)9-13/h3-9H,10-11H2,1-2H3,(H,22,23). The second kappa shape index (κ2) is 6.69. The number of hydrogen-bond acceptors (Lipinski definition) is 2. The fourth-order valence-corrected chi connectivity index (χ4v) is 3.36. The van der Waals surface area contributed by atoms with Gasteiger partial charge >= 0.3 is 5.97 Å². The number of fused-ring (bicyclic) bond motifs is 1. The summed E-state index contributed by atoms with van der Waals surface area (Å²) >= 11 is 3.60. The van der Waals surface area contributed by atoms with Crippen LogP contribution in [-0.2, 0) is 24.9 Å². The molecule has 1 N–H and O–H groups in total.